The van der Waals surface area contributed by atoms with E-state index in [0.717, 1.165) is 33.0 Å². The first-order chi connectivity index (χ1) is 13.2. The normalized spacial score (nSPS) is 12.3. The Kier molecular flexibility index (Phi) is 7.07. The maximum absolute atomic E-state index is 12.7. The molecular weight excluding hydrogens is 376 g/mol. The number of carbonyl (C=O) groups is 1. The quantitative estimate of drug-likeness (QED) is 0.732. The van der Waals surface area contributed by atoms with Crippen LogP contribution in [0, 0.1) is 13.8 Å². The average Bonchev–Trinajstić information content (AvgIpc) is 2.63. The van der Waals surface area contributed by atoms with Gasteiger partial charge in [-0.2, -0.15) is 0 Å². The minimum atomic E-state index is -3.60. The zero-order valence-corrected chi connectivity index (χ0v) is 17.8. The van der Waals surface area contributed by atoms with E-state index in [1.54, 1.807) is 25.3 Å². The Balaban J connectivity index is 2.20. The zero-order chi connectivity index (χ0) is 20.9. The van der Waals surface area contributed by atoms with Gasteiger partial charge < -0.3 is 10.1 Å². The van der Waals surface area contributed by atoms with E-state index in [1.807, 2.05) is 45.0 Å². The van der Waals surface area contributed by atoms with Gasteiger partial charge >= 0.3 is 0 Å². The molecule has 2 aromatic rings. The molecule has 0 fully saturated rings. The SMILES string of the molecule is CCC(NC(=O)CN(c1cccc(C)c1)S(C)(=O)=O)c1ccc(OC)c(C)c1. The van der Waals surface area contributed by atoms with Crippen LogP contribution >= 0.6 is 0 Å². The van der Waals surface area contributed by atoms with Crippen LogP contribution in [0.25, 0.3) is 0 Å². The third-order valence-corrected chi connectivity index (χ3v) is 5.68. The standard InChI is InChI=1S/C21H28N2O4S/c1-6-19(17-10-11-20(27-4)16(3)13-17)22-21(24)14-23(28(5,25)26)18-9-7-8-15(2)12-18/h7-13,19H,6,14H2,1-5H3,(H,22,24). The third-order valence-electron chi connectivity index (χ3n) is 4.54. The molecule has 0 aliphatic rings. The van der Waals surface area contributed by atoms with Crippen LogP contribution in [0.1, 0.15) is 36.1 Å². The summed E-state index contributed by atoms with van der Waals surface area (Å²) in [6.45, 7) is 5.52. The lowest BCUT2D eigenvalue weighted by molar-refractivity contribution is -0.120. The van der Waals surface area contributed by atoms with Crippen LogP contribution in [-0.4, -0.2) is 34.2 Å². The maximum atomic E-state index is 12.7. The average molecular weight is 405 g/mol. The first-order valence-electron chi connectivity index (χ1n) is 9.14. The molecule has 0 aromatic heterocycles. The van der Waals surface area contributed by atoms with E-state index < -0.39 is 10.0 Å². The Morgan fingerprint density at radius 2 is 1.89 bits per heavy atom. The predicted octanol–water partition coefficient (Wildman–Crippen LogP) is 3.35. The predicted molar refractivity (Wildman–Crippen MR) is 112 cm³/mol. The van der Waals surface area contributed by atoms with Crippen LogP contribution in [0.2, 0.25) is 0 Å². The fraction of sp³-hybridized carbons (Fsp3) is 0.381. The number of nitrogens with one attached hydrogen (secondary N) is 1. The summed E-state index contributed by atoms with van der Waals surface area (Å²) in [5.41, 5.74) is 3.33. The van der Waals surface area contributed by atoms with E-state index in [1.165, 1.54) is 0 Å². The van der Waals surface area contributed by atoms with Gasteiger partial charge in [-0.05, 0) is 55.2 Å². The molecule has 0 spiro atoms. The molecular formula is C21H28N2O4S. The van der Waals surface area contributed by atoms with Crippen LogP contribution in [0.15, 0.2) is 42.5 Å². The number of anilines is 1. The molecule has 1 N–H and O–H groups in total. The molecule has 2 rings (SSSR count). The van der Waals surface area contributed by atoms with Crippen molar-refractivity contribution in [2.24, 2.45) is 0 Å². The van der Waals surface area contributed by atoms with E-state index in [2.05, 4.69) is 5.32 Å². The third kappa shape index (κ3) is 5.48. The molecule has 0 aliphatic heterocycles. The van der Waals surface area contributed by atoms with E-state index in [4.69, 9.17) is 4.74 Å². The highest BCUT2D eigenvalue weighted by Gasteiger charge is 2.22. The lowest BCUT2D eigenvalue weighted by atomic mass is 10.0. The number of amides is 1. The molecule has 7 heteroatoms. The maximum Gasteiger partial charge on any atom is 0.241 e. The molecule has 0 heterocycles. The zero-order valence-electron chi connectivity index (χ0n) is 17.0. The number of rotatable bonds is 8. The Labute approximate surface area is 167 Å². The van der Waals surface area contributed by atoms with Crippen LogP contribution in [0.5, 0.6) is 5.75 Å². The summed E-state index contributed by atoms with van der Waals surface area (Å²) >= 11 is 0. The number of sulfonamides is 1. The second kappa shape index (κ2) is 9.10. The van der Waals surface area contributed by atoms with Crippen molar-refractivity contribution in [3.63, 3.8) is 0 Å². The van der Waals surface area contributed by atoms with Crippen LogP contribution in [-0.2, 0) is 14.8 Å². The van der Waals surface area contributed by atoms with Crippen LogP contribution in [0.4, 0.5) is 5.69 Å². The van der Waals surface area contributed by atoms with Gasteiger partial charge in [-0.25, -0.2) is 8.42 Å². The summed E-state index contributed by atoms with van der Waals surface area (Å²) in [5.74, 6) is 0.430. The van der Waals surface area contributed by atoms with Gasteiger partial charge in [-0.15, -0.1) is 0 Å². The van der Waals surface area contributed by atoms with Crippen molar-refractivity contribution in [2.45, 2.75) is 33.2 Å². The van der Waals surface area contributed by atoms with E-state index in [-0.39, 0.29) is 18.5 Å². The van der Waals surface area contributed by atoms with Crippen LogP contribution in [0.3, 0.4) is 0 Å². The molecule has 0 saturated heterocycles. The molecule has 1 atom stereocenters. The van der Waals surface area contributed by atoms with Gasteiger partial charge in [0, 0.05) is 0 Å². The summed E-state index contributed by atoms with van der Waals surface area (Å²) in [6.07, 6.45) is 1.79. The lowest BCUT2D eigenvalue weighted by Gasteiger charge is -2.24. The van der Waals surface area contributed by atoms with Gasteiger partial charge in [0.25, 0.3) is 0 Å². The summed E-state index contributed by atoms with van der Waals surface area (Å²) in [7, 11) is -1.98. The van der Waals surface area contributed by atoms with Gasteiger partial charge in [-0.3, -0.25) is 9.10 Å². The summed E-state index contributed by atoms with van der Waals surface area (Å²) in [4.78, 5) is 12.7. The number of hydrogen-bond acceptors (Lipinski definition) is 4. The largest absolute Gasteiger partial charge is 0.496 e. The highest BCUT2D eigenvalue weighted by Crippen LogP contribution is 2.24. The number of nitrogens with zero attached hydrogens (tertiary/aromatic N) is 1. The molecule has 0 bridgehead atoms. The highest BCUT2D eigenvalue weighted by molar-refractivity contribution is 7.92. The molecule has 0 radical (unpaired) electrons. The van der Waals surface area contributed by atoms with Crippen molar-refractivity contribution < 1.29 is 17.9 Å². The molecule has 1 amide bonds. The molecule has 152 valence electrons. The Morgan fingerprint density at radius 1 is 1.18 bits per heavy atom. The van der Waals surface area contributed by atoms with Crippen molar-refractivity contribution in [1.29, 1.82) is 0 Å². The Bertz CT molecular complexity index is 941. The van der Waals surface area contributed by atoms with Gasteiger partial charge in [-0.1, -0.05) is 31.2 Å². The second-order valence-electron chi connectivity index (χ2n) is 6.87. The summed E-state index contributed by atoms with van der Waals surface area (Å²) < 4.78 is 30.9. The van der Waals surface area contributed by atoms with Gasteiger partial charge in [0.2, 0.25) is 15.9 Å². The van der Waals surface area contributed by atoms with Crippen molar-refractivity contribution in [2.75, 3.05) is 24.2 Å². The number of carbonyl (C=O) groups excluding carboxylic acids is 1. The number of hydrogen-bond donors (Lipinski definition) is 1. The molecule has 2 aromatic carbocycles. The van der Waals surface area contributed by atoms with Crippen LogP contribution < -0.4 is 14.4 Å². The van der Waals surface area contributed by atoms with Crippen molar-refractivity contribution in [3.8, 4) is 5.75 Å². The van der Waals surface area contributed by atoms with E-state index in [9.17, 15) is 13.2 Å². The first kappa shape index (κ1) is 21.8. The van der Waals surface area contributed by atoms with Gasteiger partial charge in [0.15, 0.2) is 0 Å². The van der Waals surface area contributed by atoms with Crippen molar-refractivity contribution in [3.05, 3.63) is 59.2 Å². The number of ether oxygens (including phenoxy) is 1. The fourth-order valence-electron chi connectivity index (χ4n) is 3.09. The summed E-state index contributed by atoms with van der Waals surface area (Å²) in [5, 5.41) is 2.95. The second-order valence-corrected chi connectivity index (χ2v) is 8.77. The van der Waals surface area contributed by atoms with Crippen molar-refractivity contribution >= 4 is 21.6 Å². The smallest absolute Gasteiger partial charge is 0.241 e. The Hall–Kier alpha value is -2.54. The molecule has 28 heavy (non-hydrogen) atoms. The topological polar surface area (TPSA) is 75.7 Å². The molecule has 0 saturated carbocycles. The molecule has 6 nitrogen and oxygen atoms in total. The van der Waals surface area contributed by atoms with Crippen molar-refractivity contribution in [1.82, 2.24) is 5.32 Å². The van der Waals surface area contributed by atoms with Gasteiger partial charge in [0.05, 0.1) is 25.1 Å². The number of aryl methyl sites for hydroxylation is 2. The number of benzene rings is 2. The lowest BCUT2D eigenvalue weighted by Crippen LogP contribution is -2.41. The monoisotopic (exact) mass is 404 g/mol. The fourth-order valence-corrected chi connectivity index (χ4v) is 3.94. The first-order valence-corrected chi connectivity index (χ1v) is 11.0. The molecule has 1 unspecified atom stereocenters. The minimum absolute atomic E-state index is 0.212. The van der Waals surface area contributed by atoms with Gasteiger partial charge in [0.1, 0.15) is 12.3 Å². The minimum Gasteiger partial charge on any atom is -0.496 e. The van der Waals surface area contributed by atoms with E-state index >= 15 is 0 Å². The Morgan fingerprint density at radius 3 is 2.43 bits per heavy atom. The molecule has 0 aliphatic carbocycles. The number of methoxy groups -OCH3 is 1. The summed E-state index contributed by atoms with van der Waals surface area (Å²) in [6, 6.07) is 12.6. The highest BCUT2D eigenvalue weighted by atomic mass is 32.2. The van der Waals surface area contributed by atoms with E-state index in [0.29, 0.717) is 12.1 Å².